The zero-order valence-corrected chi connectivity index (χ0v) is 35.8. The maximum atomic E-state index is 13.0. The first-order chi connectivity index (χ1) is 30.2. The minimum absolute atomic E-state index is 0.0313. The number of nitriles is 1. The number of hydrogen-bond acceptors (Lipinski definition) is 10. The Bertz CT molecular complexity index is 2640. The van der Waals surface area contributed by atoms with E-state index in [1.54, 1.807) is 31.2 Å². The zero-order chi connectivity index (χ0) is 42.7. The molecule has 2 aromatic carbocycles. The van der Waals surface area contributed by atoms with Crippen LogP contribution in [0.5, 0.6) is 5.75 Å². The molecule has 9 rings (SSSR count). The number of amides is 2. The van der Waals surface area contributed by atoms with Crippen LogP contribution in [-0.4, -0.2) is 78.4 Å². The molecule has 3 aliphatic rings. The van der Waals surface area contributed by atoms with Gasteiger partial charge in [0.05, 0.1) is 28.1 Å². The van der Waals surface area contributed by atoms with Crippen LogP contribution in [0.15, 0.2) is 79.1 Å². The highest BCUT2D eigenvalue weighted by molar-refractivity contribution is 6.31. The number of carbonyl (C=O) groups excluding carboxylic acids is 2. The van der Waals surface area contributed by atoms with Gasteiger partial charge in [-0.2, -0.15) is 10.4 Å². The highest BCUT2D eigenvalue weighted by atomic mass is 35.5. The van der Waals surface area contributed by atoms with E-state index in [1.807, 2.05) is 35.1 Å². The molecule has 2 aliphatic heterocycles. The number of pyridine rings is 2. The van der Waals surface area contributed by atoms with Gasteiger partial charge in [0.1, 0.15) is 11.8 Å². The van der Waals surface area contributed by atoms with Crippen LogP contribution in [-0.2, 0) is 31.2 Å². The van der Waals surface area contributed by atoms with Crippen molar-refractivity contribution < 1.29 is 14.3 Å². The molecule has 0 bridgehead atoms. The number of halogens is 1. The van der Waals surface area contributed by atoms with Crippen LogP contribution in [0.4, 0.5) is 5.82 Å². The molecule has 2 amide bonds. The van der Waals surface area contributed by atoms with E-state index >= 15 is 0 Å². The van der Waals surface area contributed by atoms with Crippen LogP contribution in [0.3, 0.4) is 0 Å². The molecule has 4 aromatic heterocycles. The number of ether oxygens (including phenoxy) is 1. The molecule has 13 nitrogen and oxygen atoms in total. The monoisotopic (exact) mass is 848 g/mol. The van der Waals surface area contributed by atoms with E-state index in [0.29, 0.717) is 41.0 Å². The molecule has 6 heterocycles. The number of hydrogen-bond donors (Lipinski definition) is 1. The van der Waals surface area contributed by atoms with Crippen LogP contribution in [0.2, 0.25) is 5.02 Å². The second-order valence-corrected chi connectivity index (χ2v) is 17.2. The van der Waals surface area contributed by atoms with Crippen molar-refractivity contribution in [3.05, 3.63) is 112 Å². The number of piperidine rings is 1. The number of fused-ring (bicyclic) bond motifs is 2. The number of benzene rings is 2. The molecule has 14 heteroatoms. The number of aromatic nitrogens is 6. The van der Waals surface area contributed by atoms with Gasteiger partial charge in [-0.15, -0.1) is 10.2 Å². The van der Waals surface area contributed by atoms with Crippen LogP contribution in [0.1, 0.15) is 84.9 Å². The highest BCUT2D eigenvalue weighted by Gasteiger charge is 2.28. The standard InChI is InChI=1S/C48H49ClN10O3/c1-30(60)59-23-20-45-41(29-59)47(56-57(45)2)39-5-3-4-32-24-44(52-28-40(32)39)34-7-10-35(51-27-34)9-6-31-18-21-58(22-19-31)46-17-16-43(54-55-46)48(61)53-36-11-14-37(15-12-36)62-38-13-8-33(26-50)42(49)25-38/h3-5,7-8,10,13,16-17,24-25,27-28,31,36-37H,6,9,11-12,14-15,18-23,29H2,1-2H3,(H,53,61). The third kappa shape index (κ3) is 8.83. The molecule has 0 spiro atoms. The Hall–Kier alpha value is -6.39. The van der Waals surface area contributed by atoms with Gasteiger partial charge in [0.2, 0.25) is 5.91 Å². The Morgan fingerprint density at radius 3 is 2.50 bits per heavy atom. The van der Waals surface area contributed by atoms with Crippen molar-refractivity contribution in [2.45, 2.75) is 83.4 Å². The average Bonchev–Trinajstić information content (AvgIpc) is 3.64. The fraction of sp³-hybridized carbons (Fsp3) is 0.375. The molecular formula is C48H49ClN10O3. The second-order valence-electron chi connectivity index (χ2n) is 16.8. The van der Waals surface area contributed by atoms with E-state index in [1.165, 1.54) is 5.69 Å². The van der Waals surface area contributed by atoms with Crippen LogP contribution in [0, 0.1) is 17.2 Å². The SMILES string of the molecule is CC(=O)N1CCc2c(c(-c3cccc4cc(-c5ccc(CCC6CCN(c7ccc(C(=O)NC8CCC(Oc9ccc(C#N)c(Cl)c9)CC8)nn7)CC6)nc5)ncc34)nn2C)C1. The van der Waals surface area contributed by atoms with Crippen molar-refractivity contribution in [1.82, 2.24) is 40.2 Å². The summed E-state index contributed by atoms with van der Waals surface area (Å²) in [5.41, 5.74) is 7.92. The molecule has 0 unspecified atom stereocenters. The number of carbonyl (C=O) groups is 2. The molecule has 6 aromatic rings. The summed E-state index contributed by atoms with van der Waals surface area (Å²) in [6.45, 7) is 4.71. The lowest BCUT2D eigenvalue weighted by Crippen LogP contribution is -2.40. The third-order valence-electron chi connectivity index (χ3n) is 12.8. The number of nitrogens with zero attached hydrogens (tertiary/aromatic N) is 9. The maximum Gasteiger partial charge on any atom is 0.272 e. The minimum atomic E-state index is -0.209. The first kappa shape index (κ1) is 41.0. The predicted molar refractivity (Wildman–Crippen MR) is 238 cm³/mol. The molecule has 0 radical (unpaired) electrons. The van der Waals surface area contributed by atoms with Gasteiger partial charge >= 0.3 is 0 Å². The van der Waals surface area contributed by atoms with Crippen molar-refractivity contribution in [3.8, 4) is 34.3 Å². The number of nitrogens with one attached hydrogen (secondary N) is 1. The van der Waals surface area contributed by atoms with Crippen molar-refractivity contribution in [2.75, 3.05) is 24.5 Å². The summed E-state index contributed by atoms with van der Waals surface area (Å²) in [6.07, 6.45) is 12.0. The minimum Gasteiger partial charge on any atom is -0.490 e. The van der Waals surface area contributed by atoms with Crippen molar-refractivity contribution in [1.29, 1.82) is 5.26 Å². The normalized spacial score (nSPS) is 18.0. The summed E-state index contributed by atoms with van der Waals surface area (Å²) in [4.78, 5) is 39.1. The molecule has 0 atom stereocenters. The van der Waals surface area contributed by atoms with Gasteiger partial charge in [0, 0.05) is 105 Å². The van der Waals surface area contributed by atoms with E-state index in [4.69, 9.17) is 36.7 Å². The van der Waals surface area contributed by atoms with E-state index < -0.39 is 0 Å². The fourth-order valence-electron chi connectivity index (χ4n) is 9.19. The van der Waals surface area contributed by atoms with Gasteiger partial charge in [0.25, 0.3) is 5.91 Å². The van der Waals surface area contributed by atoms with E-state index in [9.17, 15) is 9.59 Å². The first-order valence-electron chi connectivity index (χ1n) is 21.6. The topological polar surface area (TPSA) is 155 Å². The number of anilines is 1. The Morgan fingerprint density at radius 1 is 0.935 bits per heavy atom. The van der Waals surface area contributed by atoms with Gasteiger partial charge in [-0.25, -0.2) is 0 Å². The maximum absolute atomic E-state index is 13.0. The summed E-state index contributed by atoms with van der Waals surface area (Å²) >= 11 is 6.16. The summed E-state index contributed by atoms with van der Waals surface area (Å²) in [7, 11) is 1.98. The smallest absolute Gasteiger partial charge is 0.272 e. The van der Waals surface area contributed by atoms with E-state index in [0.717, 1.165) is 121 Å². The van der Waals surface area contributed by atoms with E-state index in [-0.39, 0.29) is 24.0 Å². The van der Waals surface area contributed by atoms with Crippen molar-refractivity contribution >= 4 is 40.0 Å². The van der Waals surface area contributed by atoms with E-state index in [2.05, 4.69) is 62.9 Å². The lowest BCUT2D eigenvalue weighted by molar-refractivity contribution is -0.129. The predicted octanol–water partition coefficient (Wildman–Crippen LogP) is 7.89. The van der Waals surface area contributed by atoms with Gasteiger partial charge in [-0.3, -0.25) is 24.2 Å². The Kier molecular flexibility index (Phi) is 11.8. The molecule has 1 N–H and O–H groups in total. The third-order valence-corrected chi connectivity index (χ3v) is 13.1. The molecular weight excluding hydrogens is 800 g/mol. The lowest BCUT2D eigenvalue weighted by atomic mass is 9.91. The molecule has 2 fully saturated rings. The van der Waals surface area contributed by atoms with Crippen LogP contribution < -0.4 is 15.0 Å². The van der Waals surface area contributed by atoms with Crippen LogP contribution in [0.25, 0.3) is 33.3 Å². The largest absolute Gasteiger partial charge is 0.490 e. The molecule has 1 aliphatic carbocycles. The Balaban J connectivity index is 0.733. The van der Waals surface area contributed by atoms with Gasteiger partial charge < -0.3 is 19.9 Å². The summed E-state index contributed by atoms with van der Waals surface area (Å²) in [6, 6.07) is 23.5. The number of aryl methyl sites for hydroxylation is 2. The van der Waals surface area contributed by atoms with Gasteiger partial charge in [0.15, 0.2) is 11.5 Å². The van der Waals surface area contributed by atoms with Crippen molar-refractivity contribution in [2.24, 2.45) is 13.0 Å². The fourth-order valence-corrected chi connectivity index (χ4v) is 9.40. The van der Waals surface area contributed by atoms with Crippen LogP contribution >= 0.6 is 11.6 Å². The Labute approximate surface area is 366 Å². The molecule has 1 saturated heterocycles. The number of rotatable bonds is 10. The van der Waals surface area contributed by atoms with Gasteiger partial charge in [-0.1, -0.05) is 29.8 Å². The summed E-state index contributed by atoms with van der Waals surface area (Å²) in [5.74, 6) is 1.92. The second kappa shape index (κ2) is 17.9. The average molecular weight is 849 g/mol. The first-order valence-corrected chi connectivity index (χ1v) is 22.0. The summed E-state index contributed by atoms with van der Waals surface area (Å²) < 4.78 is 8.06. The Morgan fingerprint density at radius 2 is 1.77 bits per heavy atom. The quantitative estimate of drug-likeness (QED) is 0.144. The molecule has 1 saturated carbocycles. The zero-order valence-electron chi connectivity index (χ0n) is 35.1. The van der Waals surface area contributed by atoms with Crippen molar-refractivity contribution in [3.63, 3.8) is 0 Å². The molecule has 316 valence electrons. The molecule has 62 heavy (non-hydrogen) atoms. The van der Waals surface area contributed by atoms with Gasteiger partial charge in [-0.05, 0) is 105 Å². The lowest BCUT2D eigenvalue weighted by Gasteiger charge is -2.32. The summed E-state index contributed by atoms with van der Waals surface area (Å²) in [5, 5.41) is 28.4. The highest BCUT2D eigenvalue weighted by Crippen LogP contribution is 2.35.